The molecule has 2 rings (SSSR count). The van der Waals surface area contributed by atoms with E-state index in [1.165, 1.54) is 26.2 Å². The van der Waals surface area contributed by atoms with Crippen LogP contribution < -0.4 is 10.6 Å². The Morgan fingerprint density at radius 2 is 1.42 bits per heavy atom. The number of benzene rings is 2. The number of carbonyl (C=O) groups excluding carboxylic acids is 2. The van der Waals surface area contributed by atoms with Crippen molar-refractivity contribution in [3.05, 3.63) is 53.1 Å². The van der Waals surface area contributed by atoms with Gasteiger partial charge in [-0.3, -0.25) is 14.5 Å². The molecule has 0 aromatic heterocycles. The molecule has 0 bridgehead atoms. The lowest BCUT2D eigenvalue weighted by Crippen LogP contribution is -2.36. The van der Waals surface area contributed by atoms with Gasteiger partial charge in [0.2, 0.25) is 21.8 Å². The third kappa shape index (κ3) is 6.36. The van der Waals surface area contributed by atoms with E-state index in [-0.39, 0.29) is 29.8 Å². The zero-order chi connectivity index (χ0) is 23.3. The fourth-order valence-electron chi connectivity index (χ4n) is 2.92. The second-order valence-electron chi connectivity index (χ2n) is 7.78. The van der Waals surface area contributed by atoms with Crippen molar-refractivity contribution in [3.63, 3.8) is 0 Å². The quantitative estimate of drug-likeness (QED) is 0.649. The maximum absolute atomic E-state index is 12.5. The molecule has 0 saturated heterocycles. The van der Waals surface area contributed by atoms with E-state index in [9.17, 15) is 18.0 Å². The van der Waals surface area contributed by atoms with Crippen molar-refractivity contribution in [3.8, 4) is 0 Å². The number of anilines is 2. The van der Waals surface area contributed by atoms with Gasteiger partial charge in [0.25, 0.3) is 0 Å². The Balaban J connectivity index is 1.99. The predicted octanol–water partition coefficient (Wildman–Crippen LogP) is 2.37. The van der Waals surface area contributed by atoms with Crippen molar-refractivity contribution in [2.24, 2.45) is 0 Å². The number of hydrogen-bond acceptors (Lipinski definition) is 5. The van der Waals surface area contributed by atoms with Crippen LogP contribution in [0.3, 0.4) is 0 Å². The molecule has 0 aliphatic rings. The molecule has 168 valence electrons. The summed E-state index contributed by atoms with van der Waals surface area (Å²) in [7, 11) is 0.960. The maximum atomic E-state index is 12.5. The van der Waals surface area contributed by atoms with Crippen LogP contribution in [0.2, 0.25) is 0 Å². The highest BCUT2D eigenvalue weighted by Crippen LogP contribution is 2.22. The smallest absolute Gasteiger partial charge is 0.242 e. The van der Waals surface area contributed by atoms with Crippen LogP contribution in [-0.2, 0) is 19.6 Å². The van der Waals surface area contributed by atoms with Gasteiger partial charge in [-0.05, 0) is 62.7 Å². The van der Waals surface area contributed by atoms with E-state index in [1.807, 2.05) is 32.0 Å². The summed E-state index contributed by atoms with van der Waals surface area (Å²) >= 11 is 0. The zero-order valence-electron chi connectivity index (χ0n) is 18.8. The fraction of sp³-hybridized carbons (Fsp3) is 0.364. The molecule has 0 radical (unpaired) electrons. The largest absolute Gasteiger partial charge is 0.325 e. The molecule has 9 heteroatoms. The third-order valence-electron chi connectivity index (χ3n) is 4.97. The van der Waals surface area contributed by atoms with Gasteiger partial charge in [-0.15, -0.1) is 0 Å². The fourth-order valence-corrected chi connectivity index (χ4v) is 3.85. The minimum Gasteiger partial charge on any atom is -0.325 e. The molecule has 2 aromatic rings. The third-order valence-corrected chi connectivity index (χ3v) is 6.78. The van der Waals surface area contributed by atoms with Crippen molar-refractivity contribution in [1.82, 2.24) is 9.21 Å². The highest BCUT2D eigenvalue weighted by Gasteiger charge is 2.19. The number of nitrogens with one attached hydrogen (secondary N) is 2. The van der Waals surface area contributed by atoms with Crippen molar-refractivity contribution >= 4 is 33.2 Å². The van der Waals surface area contributed by atoms with Crippen molar-refractivity contribution < 1.29 is 18.0 Å². The number of nitrogens with zero attached hydrogens (tertiary/aromatic N) is 2. The topological polar surface area (TPSA) is 98.8 Å². The summed E-state index contributed by atoms with van der Waals surface area (Å²) in [6.07, 6.45) is 0. The SMILES string of the molecule is Cc1ccc(S(=O)(=O)N(C)C)cc1NC(=O)CN(C)CC(=O)Nc1cccc(C)c1C. The van der Waals surface area contributed by atoms with Crippen LogP contribution in [0, 0.1) is 20.8 Å². The Bertz CT molecular complexity index is 1080. The van der Waals surface area contributed by atoms with Gasteiger partial charge in [0.1, 0.15) is 0 Å². The first-order valence-corrected chi connectivity index (χ1v) is 11.2. The molecule has 0 heterocycles. The van der Waals surface area contributed by atoms with Gasteiger partial charge < -0.3 is 10.6 Å². The molecule has 2 N–H and O–H groups in total. The highest BCUT2D eigenvalue weighted by molar-refractivity contribution is 7.89. The molecule has 31 heavy (non-hydrogen) atoms. The Kier molecular flexibility index (Phi) is 7.94. The van der Waals surface area contributed by atoms with Gasteiger partial charge in [0.05, 0.1) is 18.0 Å². The number of rotatable bonds is 8. The van der Waals surface area contributed by atoms with Crippen molar-refractivity contribution in [2.75, 3.05) is 44.9 Å². The van der Waals surface area contributed by atoms with Gasteiger partial charge in [-0.2, -0.15) is 0 Å². The van der Waals surface area contributed by atoms with Gasteiger partial charge >= 0.3 is 0 Å². The molecule has 8 nitrogen and oxygen atoms in total. The summed E-state index contributed by atoms with van der Waals surface area (Å²) in [6.45, 7) is 5.71. The molecule has 0 unspecified atom stereocenters. The zero-order valence-corrected chi connectivity index (χ0v) is 19.6. The number of carbonyl (C=O) groups is 2. The van der Waals surface area contributed by atoms with Crippen LogP contribution in [-0.4, -0.2) is 63.7 Å². The molecule has 2 amide bonds. The van der Waals surface area contributed by atoms with E-state index in [2.05, 4.69) is 10.6 Å². The summed E-state index contributed by atoms with van der Waals surface area (Å²) < 4.78 is 25.8. The minimum atomic E-state index is -3.61. The Hall–Kier alpha value is -2.75. The van der Waals surface area contributed by atoms with Crippen LogP contribution in [0.1, 0.15) is 16.7 Å². The van der Waals surface area contributed by atoms with E-state index in [0.29, 0.717) is 5.69 Å². The predicted molar refractivity (Wildman–Crippen MR) is 123 cm³/mol. The van der Waals surface area contributed by atoms with Crippen LogP contribution in [0.15, 0.2) is 41.3 Å². The van der Waals surface area contributed by atoms with Gasteiger partial charge in [-0.25, -0.2) is 12.7 Å². The summed E-state index contributed by atoms with van der Waals surface area (Å²) in [5, 5.41) is 5.60. The Labute approximate surface area is 184 Å². The minimum absolute atomic E-state index is 0.0235. The Morgan fingerprint density at radius 3 is 2.00 bits per heavy atom. The normalized spacial score (nSPS) is 11.6. The van der Waals surface area contributed by atoms with Gasteiger partial charge in [-0.1, -0.05) is 18.2 Å². The Morgan fingerprint density at radius 1 is 0.839 bits per heavy atom. The van der Waals surface area contributed by atoms with E-state index in [4.69, 9.17) is 0 Å². The summed E-state index contributed by atoms with van der Waals surface area (Å²) in [5.74, 6) is -0.566. The number of amides is 2. The molecule has 0 spiro atoms. The lowest BCUT2D eigenvalue weighted by atomic mass is 10.1. The van der Waals surface area contributed by atoms with Crippen LogP contribution in [0.4, 0.5) is 11.4 Å². The molecule has 0 fully saturated rings. The first-order chi connectivity index (χ1) is 14.4. The van der Waals surface area contributed by atoms with E-state index < -0.39 is 10.0 Å². The monoisotopic (exact) mass is 446 g/mol. The van der Waals surface area contributed by atoms with Gasteiger partial charge in [0, 0.05) is 25.5 Å². The molecular formula is C22H30N4O4S. The molecule has 0 aliphatic carbocycles. The van der Waals surface area contributed by atoms with E-state index in [1.54, 1.807) is 24.9 Å². The molecule has 0 atom stereocenters. The molecule has 0 aliphatic heterocycles. The molecule has 2 aromatic carbocycles. The lowest BCUT2D eigenvalue weighted by Gasteiger charge is -2.18. The first-order valence-electron chi connectivity index (χ1n) is 9.79. The second-order valence-corrected chi connectivity index (χ2v) is 9.93. The number of sulfonamides is 1. The first kappa shape index (κ1) is 24.5. The van der Waals surface area contributed by atoms with Crippen molar-refractivity contribution in [1.29, 1.82) is 0 Å². The van der Waals surface area contributed by atoms with Crippen LogP contribution >= 0.6 is 0 Å². The summed E-state index contributed by atoms with van der Waals surface area (Å²) in [5.41, 5.74) is 3.98. The number of hydrogen-bond donors (Lipinski definition) is 2. The van der Waals surface area contributed by atoms with Crippen LogP contribution in [0.25, 0.3) is 0 Å². The standard InChI is InChI=1S/C22H30N4O4S/c1-15-8-7-9-19(17(15)3)23-21(27)13-26(6)14-22(28)24-20-12-18(11-10-16(20)2)31(29,30)25(4)5/h7-12H,13-14H2,1-6H3,(H,23,27)(H,24,28). The molecular weight excluding hydrogens is 416 g/mol. The molecule has 0 saturated carbocycles. The average molecular weight is 447 g/mol. The van der Waals surface area contributed by atoms with E-state index >= 15 is 0 Å². The second kappa shape index (κ2) is 10.0. The highest BCUT2D eigenvalue weighted by atomic mass is 32.2. The summed E-state index contributed by atoms with van der Waals surface area (Å²) in [6, 6.07) is 10.3. The maximum Gasteiger partial charge on any atom is 0.242 e. The number of likely N-dealkylation sites (N-methyl/N-ethyl adjacent to an activating group) is 1. The van der Waals surface area contributed by atoms with Gasteiger partial charge in [0.15, 0.2) is 0 Å². The number of aryl methyl sites for hydroxylation is 2. The summed E-state index contributed by atoms with van der Waals surface area (Å²) in [4.78, 5) is 26.5. The van der Waals surface area contributed by atoms with E-state index in [0.717, 1.165) is 26.7 Å². The average Bonchev–Trinajstić information content (AvgIpc) is 2.66. The lowest BCUT2D eigenvalue weighted by molar-refractivity contribution is -0.119. The van der Waals surface area contributed by atoms with Crippen LogP contribution in [0.5, 0.6) is 0 Å². The van der Waals surface area contributed by atoms with Crippen molar-refractivity contribution in [2.45, 2.75) is 25.7 Å².